The molecule has 0 spiro atoms. The van der Waals surface area contributed by atoms with Crippen LogP contribution in [0.1, 0.15) is 19.3 Å². The fourth-order valence-corrected chi connectivity index (χ4v) is 3.18. The number of nitrogens with one attached hydrogen (secondary N) is 1. The van der Waals surface area contributed by atoms with Crippen molar-refractivity contribution in [1.82, 2.24) is 9.88 Å². The van der Waals surface area contributed by atoms with Crippen molar-refractivity contribution >= 4 is 23.4 Å². The van der Waals surface area contributed by atoms with Gasteiger partial charge in [-0.25, -0.2) is 0 Å². The zero-order valence-electron chi connectivity index (χ0n) is 11.0. The van der Waals surface area contributed by atoms with Crippen molar-refractivity contribution in [3.05, 3.63) is 28.7 Å². The molecule has 1 fully saturated rings. The Morgan fingerprint density at radius 1 is 1.53 bits per heavy atom. The van der Waals surface area contributed by atoms with Gasteiger partial charge in [-0.2, -0.15) is 11.8 Å². The molecule has 1 aromatic heterocycles. The maximum absolute atomic E-state index is 11.9. The topological polar surface area (TPSA) is 77.1 Å². The Morgan fingerprint density at radius 2 is 2.32 bits per heavy atom. The zero-order chi connectivity index (χ0) is 13.8. The van der Waals surface area contributed by atoms with Crippen LogP contribution in [0.25, 0.3) is 0 Å². The molecule has 0 aromatic carbocycles. The minimum Gasteiger partial charge on any atom is -0.398 e. The summed E-state index contributed by atoms with van der Waals surface area (Å²) in [5, 5.41) is 3.62. The summed E-state index contributed by atoms with van der Waals surface area (Å²) in [6.07, 6.45) is 6.77. The standard InChI is InChI=1S/C13H19N3O2S/c1-19-11-4-3-10(6-11)15-12(17)8-16-7-9(14)2-5-13(16)18/h2,5,7,10-11H,3-4,6,8,14H2,1H3,(H,15,17). The van der Waals surface area contributed by atoms with Gasteiger partial charge in [0.25, 0.3) is 5.56 Å². The van der Waals surface area contributed by atoms with E-state index in [1.165, 1.54) is 22.9 Å². The van der Waals surface area contributed by atoms with Crippen molar-refractivity contribution in [2.75, 3.05) is 12.0 Å². The Kier molecular flexibility index (Phi) is 4.52. The van der Waals surface area contributed by atoms with Gasteiger partial charge in [-0.05, 0) is 31.6 Å². The van der Waals surface area contributed by atoms with Crippen LogP contribution in [0.15, 0.2) is 23.1 Å². The second-order valence-corrected chi connectivity index (χ2v) is 6.00. The van der Waals surface area contributed by atoms with Gasteiger partial charge in [0.05, 0.1) is 0 Å². The molecule has 2 atom stereocenters. The molecule has 1 aliphatic carbocycles. The molecule has 0 aliphatic heterocycles. The Labute approximate surface area is 116 Å². The molecular weight excluding hydrogens is 262 g/mol. The number of hydrogen-bond acceptors (Lipinski definition) is 4. The van der Waals surface area contributed by atoms with E-state index in [0.717, 1.165) is 19.3 Å². The maximum atomic E-state index is 11.9. The molecule has 1 aromatic rings. The van der Waals surface area contributed by atoms with Gasteiger partial charge in [0.15, 0.2) is 0 Å². The number of nitrogens with two attached hydrogens (primary N) is 1. The Hall–Kier alpha value is -1.43. The molecule has 19 heavy (non-hydrogen) atoms. The van der Waals surface area contributed by atoms with Gasteiger partial charge in [0.2, 0.25) is 5.91 Å². The van der Waals surface area contributed by atoms with E-state index in [1.807, 2.05) is 11.8 Å². The van der Waals surface area contributed by atoms with Gasteiger partial charge in [-0.15, -0.1) is 0 Å². The largest absolute Gasteiger partial charge is 0.398 e. The first kappa shape index (κ1) is 14.0. The highest BCUT2D eigenvalue weighted by Gasteiger charge is 2.25. The molecule has 1 amide bonds. The van der Waals surface area contributed by atoms with Crippen molar-refractivity contribution in [2.45, 2.75) is 37.1 Å². The van der Waals surface area contributed by atoms with Crippen molar-refractivity contribution in [3.63, 3.8) is 0 Å². The number of rotatable bonds is 4. The van der Waals surface area contributed by atoms with Crippen LogP contribution in [-0.2, 0) is 11.3 Å². The van der Waals surface area contributed by atoms with Crippen LogP contribution < -0.4 is 16.6 Å². The van der Waals surface area contributed by atoms with Crippen molar-refractivity contribution in [3.8, 4) is 0 Å². The van der Waals surface area contributed by atoms with Crippen LogP contribution in [0.5, 0.6) is 0 Å². The zero-order valence-corrected chi connectivity index (χ0v) is 11.8. The Balaban J connectivity index is 1.91. The van der Waals surface area contributed by atoms with Crippen LogP contribution in [0.3, 0.4) is 0 Å². The van der Waals surface area contributed by atoms with Crippen LogP contribution in [-0.4, -0.2) is 28.0 Å². The third-order valence-corrected chi connectivity index (χ3v) is 4.50. The summed E-state index contributed by atoms with van der Waals surface area (Å²) in [6, 6.07) is 3.15. The summed E-state index contributed by atoms with van der Waals surface area (Å²) in [5.74, 6) is -0.126. The van der Waals surface area contributed by atoms with Gasteiger partial charge in [0, 0.05) is 29.2 Å². The molecule has 3 N–H and O–H groups in total. The lowest BCUT2D eigenvalue weighted by Gasteiger charge is -2.13. The number of nitrogens with zero attached hydrogens (tertiary/aromatic N) is 1. The number of thioether (sulfide) groups is 1. The van der Waals surface area contributed by atoms with Gasteiger partial charge in [-0.1, -0.05) is 0 Å². The lowest BCUT2D eigenvalue weighted by atomic mass is 10.2. The third-order valence-electron chi connectivity index (χ3n) is 3.40. The molecule has 1 heterocycles. The summed E-state index contributed by atoms with van der Waals surface area (Å²) in [6.45, 7) is 0.0321. The van der Waals surface area contributed by atoms with E-state index in [2.05, 4.69) is 11.6 Å². The second kappa shape index (κ2) is 6.14. The minimum absolute atomic E-state index is 0.0321. The molecule has 2 unspecified atom stereocenters. The van der Waals surface area contributed by atoms with Gasteiger partial charge >= 0.3 is 0 Å². The normalized spacial score (nSPS) is 22.4. The number of amides is 1. The summed E-state index contributed by atoms with van der Waals surface area (Å²) in [5.41, 5.74) is 5.88. The molecule has 104 valence electrons. The summed E-state index contributed by atoms with van der Waals surface area (Å²) in [4.78, 5) is 23.5. The van der Waals surface area contributed by atoms with Crippen LogP contribution in [0.4, 0.5) is 5.69 Å². The predicted octanol–water partition coefficient (Wildman–Crippen LogP) is 0.831. The Bertz CT molecular complexity index is 515. The van der Waals surface area contributed by atoms with E-state index in [0.29, 0.717) is 10.9 Å². The highest BCUT2D eigenvalue weighted by molar-refractivity contribution is 7.99. The molecule has 6 heteroatoms. The summed E-state index contributed by atoms with van der Waals surface area (Å²) >= 11 is 1.85. The first-order chi connectivity index (χ1) is 9.08. The van der Waals surface area contributed by atoms with E-state index in [4.69, 9.17) is 5.73 Å². The molecule has 5 nitrogen and oxygen atoms in total. The van der Waals surface area contributed by atoms with Crippen molar-refractivity contribution in [1.29, 1.82) is 0 Å². The van der Waals surface area contributed by atoms with Crippen LogP contribution in [0, 0.1) is 0 Å². The van der Waals surface area contributed by atoms with Gasteiger partial charge < -0.3 is 15.6 Å². The fraction of sp³-hybridized carbons (Fsp3) is 0.538. The Morgan fingerprint density at radius 3 is 3.00 bits per heavy atom. The minimum atomic E-state index is -0.210. The highest BCUT2D eigenvalue weighted by atomic mass is 32.2. The monoisotopic (exact) mass is 281 g/mol. The molecular formula is C13H19N3O2S. The molecule has 1 aliphatic rings. The summed E-state index contributed by atoms with van der Waals surface area (Å²) in [7, 11) is 0. The number of carbonyl (C=O) groups excluding carboxylic acids is 1. The first-order valence-electron chi connectivity index (χ1n) is 6.36. The SMILES string of the molecule is CSC1CCC(NC(=O)Cn2cc(N)ccc2=O)C1. The highest BCUT2D eigenvalue weighted by Crippen LogP contribution is 2.27. The maximum Gasteiger partial charge on any atom is 0.251 e. The molecule has 1 saturated carbocycles. The second-order valence-electron chi connectivity index (χ2n) is 4.86. The quantitative estimate of drug-likeness (QED) is 0.857. The van der Waals surface area contributed by atoms with E-state index in [9.17, 15) is 9.59 Å². The van der Waals surface area contributed by atoms with E-state index in [-0.39, 0.29) is 24.1 Å². The summed E-state index contributed by atoms with van der Waals surface area (Å²) < 4.78 is 1.34. The van der Waals surface area contributed by atoms with Crippen molar-refractivity contribution in [2.24, 2.45) is 0 Å². The predicted molar refractivity (Wildman–Crippen MR) is 78.2 cm³/mol. The van der Waals surface area contributed by atoms with Crippen LogP contribution in [0.2, 0.25) is 0 Å². The van der Waals surface area contributed by atoms with Gasteiger partial charge in [0.1, 0.15) is 6.54 Å². The van der Waals surface area contributed by atoms with E-state index < -0.39 is 0 Å². The molecule has 0 radical (unpaired) electrons. The molecule has 2 rings (SSSR count). The number of hydrogen-bond donors (Lipinski definition) is 2. The van der Waals surface area contributed by atoms with Gasteiger partial charge in [-0.3, -0.25) is 9.59 Å². The lowest BCUT2D eigenvalue weighted by Crippen LogP contribution is -2.37. The number of nitrogen functional groups attached to an aromatic ring is 1. The lowest BCUT2D eigenvalue weighted by molar-refractivity contribution is -0.122. The number of aromatic nitrogens is 1. The smallest absolute Gasteiger partial charge is 0.251 e. The van der Waals surface area contributed by atoms with Crippen molar-refractivity contribution < 1.29 is 4.79 Å². The number of carbonyl (C=O) groups is 1. The van der Waals surface area contributed by atoms with E-state index >= 15 is 0 Å². The number of anilines is 1. The third kappa shape index (κ3) is 3.76. The average molecular weight is 281 g/mol. The fourth-order valence-electron chi connectivity index (χ4n) is 2.39. The average Bonchev–Trinajstić information content (AvgIpc) is 2.81. The first-order valence-corrected chi connectivity index (χ1v) is 7.65. The molecule has 0 bridgehead atoms. The number of pyridine rings is 1. The molecule has 0 saturated heterocycles. The van der Waals surface area contributed by atoms with E-state index in [1.54, 1.807) is 0 Å². The van der Waals surface area contributed by atoms with Crippen LogP contribution >= 0.6 is 11.8 Å².